The van der Waals surface area contributed by atoms with Crippen LogP contribution >= 0.6 is 0 Å². The molecule has 0 spiro atoms. The highest BCUT2D eigenvalue weighted by atomic mass is 16.2. The summed E-state index contributed by atoms with van der Waals surface area (Å²) in [6.07, 6.45) is 1.86. The minimum atomic E-state index is -0.106. The third kappa shape index (κ3) is 4.57. The zero-order valence-corrected chi connectivity index (χ0v) is 15.0. The Kier molecular flexibility index (Phi) is 5.66. The molecule has 1 saturated heterocycles. The van der Waals surface area contributed by atoms with Crippen molar-refractivity contribution in [2.75, 3.05) is 31.1 Å². The van der Waals surface area contributed by atoms with Gasteiger partial charge < -0.3 is 10.2 Å². The van der Waals surface area contributed by atoms with Gasteiger partial charge in [0.25, 0.3) is 0 Å². The second-order valence-electron chi connectivity index (χ2n) is 6.56. The van der Waals surface area contributed by atoms with Crippen LogP contribution in [-0.4, -0.2) is 48.0 Å². The normalized spacial score (nSPS) is 16.5. The second kappa shape index (κ2) is 8.12. The minimum Gasteiger partial charge on any atom is -0.369 e. The van der Waals surface area contributed by atoms with Crippen molar-refractivity contribution in [3.05, 3.63) is 59.9 Å². The first kappa shape index (κ1) is 17.4. The highest BCUT2D eigenvalue weighted by Crippen LogP contribution is 2.17. The van der Waals surface area contributed by atoms with E-state index in [1.165, 1.54) is 5.69 Å². The van der Waals surface area contributed by atoms with Gasteiger partial charge in [-0.2, -0.15) is 0 Å². The lowest BCUT2D eigenvalue weighted by Crippen LogP contribution is -2.53. The second-order valence-corrected chi connectivity index (χ2v) is 6.56. The van der Waals surface area contributed by atoms with Crippen molar-refractivity contribution in [1.29, 1.82) is 0 Å². The Bertz CT molecular complexity index is 696. The Balaban J connectivity index is 1.49. The van der Waals surface area contributed by atoms with Crippen molar-refractivity contribution in [3.63, 3.8) is 0 Å². The molecule has 0 bridgehead atoms. The third-order valence-electron chi connectivity index (χ3n) is 4.80. The lowest BCUT2D eigenvalue weighted by Gasteiger charge is -2.38. The van der Waals surface area contributed by atoms with Crippen LogP contribution in [0, 0.1) is 6.92 Å². The number of nitrogens with zero attached hydrogens (tertiary/aromatic N) is 3. The predicted octanol–water partition coefficient (Wildman–Crippen LogP) is 2.22. The average Bonchev–Trinajstić information content (AvgIpc) is 2.66. The molecule has 1 amide bonds. The molecule has 132 valence electrons. The molecule has 0 unspecified atom stereocenters. The van der Waals surface area contributed by atoms with E-state index in [4.69, 9.17) is 0 Å². The molecule has 2 heterocycles. The SMILES string of the molecule is Cc1cc(N2CCN([C@@H](C)C(=O)NCc3ccccc3)CC2)ccn1. The van der Waals surface area contributed by atoms with Gasteiger partial charge in [0.05, 0.1) is 6.04 Å². The maximum atomic E-state index is 12.4. The summed E-state index contributed by atoms with van der Waals surface area (Å²) < 4.78 is 0. The molecule has 1 aromatic carbocycles. The lowest BCUT2D eigenvalue weighted by molar-refractivity contribution is -0.126. The third-order valence-corrected chi connectivity index (χ3v) is 4.80. The number of amides is 1. The molecule has 0 saturated carbocycles. The molecule has 0 aliphatic carbocycles. The van der Waals surface area contributed by atoms with Crippen molar-refractivity contribution in [2.45, 2.75) is 26.4 Å². The molecular formula is C20H26N4O. The van der Waals surface area contributed by atoms with E-state index in [9.17, 15) is 4.79 Å². The number of hydrogen-bond acceptors (Lipinski definition) is 4. The van der Waals surface area contributed by atoms with E-state index in [-0.39, 0.29) is 11.9 Å². The summed E-state index contributed by atoms with van der Waals surface area (Å²) in [5.74, 6) is 0.0945. The molecule has 1 aliphatic heterocycles. The fraction of sp³-hybridized carbons (Fsp3) is 0.400. The Morgan fingerprint density at radius 3 is 2.56 bits per heavy atom. The maximum Gasteiger partial charge on any atom is 0.237 e. The van der Waals surface area contributed by atoms with Gasteiger partial charge in [0, 0.05) is 50.3 Å². The molecule has 3 rings (SSSR count). The molecule has 1 fully saturated rings. The van der Waals surface area contributed by atoms with Crippen LogP contribution in [0.15, 0.2) is 48.7 Å². The van der Waals surface area contributed by atoms with Crippen LogP contribution in [0.3, 0.4) is 0 Å². The fourth-order valence-electron chi connectivity index (χ4n) is 3.19. The van der Waals surface area contributed by atoms with Crippen LogP contribution in [0.4, 0.5) is 5.69 Å². The quantitative estimate of drug-likeness (QED) is 0.908. The molecule has 1 N–H and O–H groups in total. The number of pyridine rings is 1. The average molecular weight is 338 g/mol. The van der Waals surface area contributed by atoms with E-state index in [0.29, 0.717) is 6.54 Å². The van der Waals surface area contributed by atoms with Gasteiger partial charge in [-0.15, -0.1) is 0 Å². The van der Waals surface area contributed by atoms with E-state index in [1.807, 2.05) is 50.4 Å². The van der Waals surface area contributed by atoms with Crippen LogP contribution in [-0.2, 0) is 11.3 Å². The number of benzene rings is 1. The Hall–Kier alpha value is -2.40. The first-order valence-electron chi connectivity index (χ1n) is 8.87. The molecule has 1 aliphatic rings. The molecular weight excluding hydrogens is 312 g/mol. The lowest BCUT2D eigenvalue weighted by atomic mass is 10.2. The summed E-state index contributed by atoms with van der Waals surface area (Å²) in [4.78, 5) is 21.3. The summed E-state index contributed by atoms with van der Waals surface area (Å²) in [7, 11) is 0. The molecule has 0 radical (unpaired) electrons. The number of anilines is 1. The van der Waals surface area contributed by atoms with Gasteiger partial charge in [-0.1, -0.05) is 30.3 Å². The maximum absolute atomic E-state index is 12.4. The minimum absolute atomic E-state index is 0.0945. The van der Waals surface area contributed by atoms with Gasteiger partial charge in [-0.05, 0) is 31.5 Å². The Morgan fingerprint density at radius 2 is 1.88 bits per heavy atom. The molecule has 5 heteroatoms. The van der Waals surface area contributed by atoms with Gasteiger partial charge in [-0.25, -0.2) is 0 Å². The van der Waals surface area contributed by atoms with Gasteiger partial charge in [0.15, 0.2) is 0 Å². The first-order chi connectivity index (χ1) is 12.1. The van der Waals surface area contributed by atoms with Crippen LogP contribution < -0.4 is 10.2 Å². The van der Waals surface area contributed by atoms with Gasteiger partial charge >= 0.3 is 0 Å². The van der Waals surface area contributed by atoms with E-state index in [2.05, 4.69) is 32.2 Å². The molecule has 5 nitrogen and oxygen atoms in total. The van der Waals surface area contributed by atoms with E-state index in [1.54, 1.807) is 0 Å². The van der Waals surface area contributed by atoms with E-state index < -0.39 is 0 Å². The molecule has 1 aromatic heterocycles. The van der Waals surface area contributed by atoms with Gasteiger partial charge in [0.2, 0.25) is 5.91 Å². The van der Waals surface area contributed by atoms with Crippen LogP contribution in [0.1, 0.15) is 18.2 Å². The summed E-state index contributed by atoms with van der Waals surface area (Å²) in [5.41, 5.74) is 3.38. The first-order valence-corrected chi connectivity index (χ1v) is 8.87. The standard InChI is InChI=1S/C20H26N4O/c1-16-14-19(8-9-21-16)24-12-10-23(11-13-24)17(2)20(25)22-15-18-6-4-3-5-7-18/h3-9,14,17H,10-13,15H2,1-2H3,(H,22,25)/t17-/m0/s1. The molecule has 1 atom stereocenters. The molecule has 25 heavy (non-hydrogen) atoms. The highest BCUT2D eigenvalue weighted by Gasteiger charge is 2.25. The van der Waals surface area contributed by atoms with Crippen molar-refractivity contribution in [1.82, 2.24) is 15.2 Å². The van der Waals surface area contributed by atoms with Crippen molar-refractivity contribution < 1.29 is 4.79 Å². The smallest absolute Gasteiger partial charge is 0.237 e. The number of carbonyl (C=O) groups excluding carboxylic acids is 1. The topological polar surface area (TPSA) is 48.5 Å². The van der Waals surface area contributed by atoms with Crippen LogP contribution in [0.5, 0.6) is 0 Å². The predicted molar refractivity (Wildman–Crippen MR) is 101 cm³/mol. The number of hydrogen-bond donors (Lipinski definition) is 1. The van der Waals surface area contributed by atoms with Gasteiger partial charge in [-0.3, -0.25) is 14.7 Å². The zero-order valence-electron chi connectivity index (χ0n) is 15.0. The van der Waals surface area contributed by atoms with Crippen molar-refractivity contribution in [2.24, 2.45) is 0 Å². The number of rotatable bonds is 5. The van der Waals surface area contributed by atoms with E-state index >= 15 is 0 Å². The number of aromatic nitrogens is 1. The number of carbonyl (C=O) groups is 1. The summed E-state index contributed by atoms with van der Waals surface area (Å²) in [6.45, 7) is 8.23. The van der Waals surface area contributed by atoms with Crippen molar-refractivity contribution in [3.8, 4) is 0 Å². The van der Waals surface area contributed by atoms with Gasteiger partial charge in [0.1, 0.15) is 0 Å². The zero-order chi connectivity index (χ0) is 17.6. The number of piperazine rings is 1. The number of aryl methyl sites for hydroxylation is 1. The summed E-state index contributed by atoms with van der Waals surface area (Å²) in [5, 5.41) is 3.04. The number of nitrogens with one attached hydrogen (secondary N) is 1. The molecule has 2 aromatic rings. The Morgan fingerprint density at radius 1 is 1.16 bits per heavy atom. The largest absolute Gasteiger partial charge is 0.369 e. The summed E-state index contributed by atoms with van der Waals surface area (Å²) in [6, 6.07) is 14.1. The monoisotopic (exact) mass is 338 g/mol. The van der Waals surface area contributed by atoms with Crippen LogP contribution in [0.25, 0.3) is 0 Å². The highest BCUT2D eigenvalue weighted by molar-refractivity contribution is 5.81. The van der Waals surface area contributed by atoms with Crippen LogP contribution in [0.2, 0.25) is 0 Å². The van der Waals surface area contributed by atoms with E-state index in [0.717, 1.165) is 37.4 Å². The Labute approximate surface area is 149 Å². The van der Waals surface area contributed by atoms with Crippen molar-refractivity contribution >= 4 is 11.6 Å². The summed E-state index contributed by atoms with van der Waals surface area (Å²) >= 11 is 0. The fourth-order valence-corrected chi connectivity index (χ4v) is 3.19.